The average Bonchev–Trinajstić information content (AvgIpc) is 2.74. The summed E-state index contributed by atoms with van der Waals surface area (Å²) in [6.45, 7) is 0. The molecule has 0 aliphatic carbocycles. The van der Waals surface area contributed by atoms with E-state index in [1.807, 2.05) is 30.3 Å². The number of hydrogen-bond acceptors (Lipinski definition) is 3. The average molecular weight is 265 g/mol. The first-order valence-corrected chi connectivity index (χ1v) is 5.64. The Hall–Kier alpha value is -1.65. The number of fused-ring (bicyclic) bond motifs is 1. The molecule has 0 amide bonds. The minimum Gasteiger partial charge on any atom is -0.334 e. The molecular formula is C11H6Cl2N4. The van der Waals surface area contributed by atoms with Crippen LogP contribution < -0.4 is 0 Å². The van der Waals surface area contributed by atoms with E-state index in [0.29, 0.717) is 17.0 Å². The molecule has 1 N–H and O–H groups in total. The minimum atomic E-state index is 0.0913. The second-order valence-electron chi connectivity index (χ2n) is 3.43. The fraction of sp³-hybridized carbons (Fsp3) is 0. The number of H-pyrrole nitrogens is 1. The number of rotatable bonds is 1. The summed E-state index contributed by atoms with van der Waals surface area (Å²) in [6, 6.07) is 9.70. The predicted molar refractivity (Wildman–Crippen MR) is 67.1 cm³/mol. The van der Waals surface area contributed by atoms with E-state index in [4.69, 9.17) is 23.2 Å². The summed E-state index contributed by atoms with van der Waals surface area (Å²) < 4.78 is 0. The third kappa shape index (κ3) is 1.85. The van der Waals surface area contributed by atoms with Crippen LogP contribution in [-0.4, -0.2) is 19.9 Å². The fourth-order valence-corrected chi connectivity index (χ4v) is 1.99. The van der Waals surface area contributed by atoms with Gasteiger partial charge >= 0.3 is 0 Å². The van der Waals surface area contributed by atoms with Gasteiger partial charge in [-0.15, -0.1) is 0 Å². The lowest BCUT2D eigenvalue weighted by atomic mass is 10.2. The van der Waals surface area contributed by atoms with Crippen molar-refractivity contribution in [2.75, 3.05) is 0 Å². The highest BCUT2D eigenvalue weighted by Crippen LogP contribution is 2.24. The molecule has 3 aromatic rings. The Bertz CT molecular complexity index is 679. The number of nitrogens with zero attached hydrogens (tertiary/aromatic N) is 3. The zero-order chi connectivity index (χ0) is 11.8. The molecular weight excluding hydrogens is 259 g/mol. The third-order valence-electron chi connectivity index (χ3n) is 2.33. The van der Waals surface area contributed by atoms with Crippen molar-refractivity contribution < 1.29 is 0 Å². The Morgan fingerprint density at radius 1 is 0.941 bits per heavy atom. The maximum Gasteiger partial charge on any atom is 0.225 e. The third-order valence-corrected chi connectivity index (χ3v) is 2.77. The molecule has 84 valence electrons. The number of hydrogen-bond donors (Lipinski definition) is 1. The summed E-state index contributed by atoms with van der Waals surface area (Å²) in [4.78, 5) is 15.3. The molecule has 0 radical (unpaired) electrons. The first-order chi connectivity index (χ1) is 8.24. The van der Waals surface area contributed by atoms with Crippen molar-refractivity contribution in [3.8, 4) is 11.4 Å². The summed E-state index contributed by atoms with van der Waals surface area (Å²) >= 11 is 11.7. The van der Waals surface area contributed by atoms with Crippen LogP contribution in [0.2, 0.25) is 10.4 Å². The van der Waals surface area contributed by atoms with Crippen LogP contribution in [0.3, 0.4) is 0 Å². The van der Waals surface area contributed by atoms with Crippen LogP contribution in [0.4, 0.5) is 0 Å². The van der Waals surface area contributed by atoms with Gasteiger partial charge in [-0.1, -0.05) is 41.9 Å². The molecule has 0 fully saturated rings. The normalized spacial score (nSPS) is 10.9. The minimum absolute atomic E-state index is 0.0913. The van der Waals surface area contributed by atoms with E-state index in [1.165, 1.54) is 0 Å². The molecule has 2 heterocycles. The Balaban J connectivity index is 2.24. The maximum absolute atomic E-state index is 5.96. The lowest BCUT2D eigenvalue weighted by molar-refractivity contribution is 1.20. The SMILES string of the molecule is Clc1nc(Cl)c2[nH]c(-c3ccccc3)nc2n1. The van der Waals surface area contributed by atoms with Crippen molar-refractivity contribution in [3.63, 3.8) is 0 Å². The molecule has 3 rings (SSSR count). The molecule has 1 aromatic carbocycles. The highest BCUT2D eigenvalue weighted by Gasteiger charge is 2.11. The van der Waals surface area contributed by atoms with E-state index < -0.39 is 0 Å². The second-order valence-corrected chi connectivity index (χ2v) is 4.13. The molecule has 0 bridgehead atoms. The van der Waals surface area contributed by atoms with E-state index in [-0.39, 0.29) is 10.4 Å². The van der Waals surface area contributed by atoms with E-state index in [0.717, 1.165) is 5.56 Å². The molecule has 0 spiro atoms. The molecule has 6 heteroatoms. The van der Waals surface area contributed by atoms with E-state index in [2.05, 4.69) is 19.9 Å². The van der Waals surface area contributed by atoms with E-state index >= 15 is 0 Å². The van der Waals surface area contributed by atoms with Crippen molar-refractivity contribution in [3.05, 3.63) is 40.8 Å². The molecule has 4 nitrogen and oxygen atoms in total. The zero-order valence-electron chi connectivity index (χ0n) is 8.48. The van der Waals surface area contributed by atoms with Gasteiger partial charge in [-0.2, -0.15) is 4.98 Å². The Kier molecular flexibility index (Phi) is 2.46. The van der Waals surface area contributed by atoms with Crippen LogP contribution in [0.25, 0.3) is 22.6 Å². The van der Waals surface area contributed by atoms with Crippen molar-refractivity contribution >= 4 is 34.4 Å². The maximum atomic E-state index is 5.96. The monoisotopic (exact) mass is 264 g/mol. The largest absolute Gasteiger partial charge is 0.334 e. The first kappa shape index (κ1) is 10.5. The van der Waals surface area contributed by atoms with Gasteiger partial charge in [-0.3, -0.25) is 0 Å². The van der Waals surface area contributed by atoms with Crippen molar-refractivity contribution in [1.82, 2.24) is 19.9 Å². The molecule has 2 aromatic heterocycles. The van der Waals surface area contributed by atoms with Crippen molar-refractivity contribution in [1.29, 1.82) is 0 Å². The molecule has 0 saturated heterocycles. The number of aromatic nitrogens is 4. The van der Waals surface area contributed by atoms with Gasteiger partial charge in [0.15, 0.2) is 10.8 Å². The van der Waals surface area contributed by atoms with Gasteiger partial charge in [0.25, 0.3) is 0 Å². The molecule has 0 unspecified atom stereocenters. The standard InChI is InChI=1S/C11H6Cl2N4/c12-8-7-10(17-11(13)15-8)16-9(14-7)6-4-2-1-3-5-6/h1-5H,(H,14,15,16,17). The second kappa shape index (κ2) is 3.98. The highest BCUT2D eigenvalue weighted by molar-refractivity contribution is 6.35. The van der Waals surface area contributed by atoms with Gasteiger partial charge in [-0.05, 0) is 11.6 Å². The number of nitrogens with one attached hydrogen (secondary N) is 1. The summed E-state index contributed by atoms with van der Waals surface area (Å²) in [5.74, 6) is 0.694. The molecule has 17 heavy (non-hydrogen) atoms. The topological polar surface area (TPSA) is 54.5 Å². The van der Waals surface area contributed by atoms with Gasteiger partial charge in [0.05, 0.1) is 0 Å². The summed E-state index contributed by atoms with van der Waals surface area (Å²) in [7, 11) is 0. The number of halogens is 2. The van der Waals surface area contributed by atoms with Gasteiger partial charge in [0.1, 0.15) is 11.3 Å². The van der Waals surface area contributed by atoms with Gasteiger partial charge in [0, 0.05) is 5.56 Å². The zero-order valence-corrected chi connectivity index (χ0v) is 10.00. The summed E-state index contributed by atoms with van der Waals surface area (Å²) in [5, 5.41) is 0.364. The molecule has 0 atom stereocenters. The Morgan fingerprint density at radius 3 is 2.47 bits per heavy atom. The van der Waals surface area contributed by atoms with Crippen molar-refractivity contribution in [2.45, 2.75) is 0 Å². The van der Waals surface area contributed by atoms with Crippen LogP contribution in [0.15, 0.2) is 30.3 Å². The van der Waals surface area contributed by atoms with E-state index in [9.17, 15) is 0 Å². The van der Waals surface area contributed by atoms with Gasteiger partial charge in [-0.25, -0.2) is 9.97 Å². The lowest BCUT2D eigenvalue weighted by Crippen LogP contribution is -1.84. The van der Waals surface area contributed by atoms with Crippen LogP contribution in [0.5, 0.6) is 0 Å². The Labute approximate surface area is 107 Å². The molecule has 0 aliphatic heterocycles. The number of aromatic amines is 1. The first-order valence-electron chi connectivity index (χ1n) is 4.88. The van der Waals surface area contributed by atoms with Crippen LogP contribution in [0, 0.1) is 0 Å². The number of imidazole rings is 1. The molecule has 0 aliphatic rings. The smallest absolute Gasteiger partial charge is 0.225 e. The van der Waals surface area contributed by atoms with Crippen LogP contribution in [0.1, 0.15) is 0 Å². The van der Waals surface area contributed by atoms with Crippen LogP contribution in [-0.2, 0) is 0 Å². The summed E-state index contributed by atoms with van der Waals surface area (Å²) in [5.41, 5.74) is 2.02. The Morgan fingerprint density at radius 2 is 1.71 bits per heavy atom. The molecule has 0 saturated carbocycles. The summed E-state index contributed by atoms with van der Waals surface area (Å²) in [6.07, 6.45) is 0. The van der Waals surface area contributed by atoms with E-state index in [1.54, 1.807) is 0 Å². The quantitative estimate of drug-likeness (QED) is 0.542. The van der Waals surface area contributed by atoms with Crippen molar-refractivity contribution in [2.24, 2.45) is 0 Å². The fourth-order valence-electron chi connectivity index (χ4n) is 1.57. The van der Waals surface area contributed by atoms with Gasteiger partial charge < -0.3 is 4.98 Å². The highest BCUT2D eigenvalue weighted by atomic mass is 35.5. The van der Waals surface area contributed by atoms with Crippen LogP contribution >= 0.6 is 23.2 Å². The lowest BCUT2D eigenvalue weighted by Gasteiger charge is -1.93. The van der Waals surface area contributed by atoms with Gasteiger partial charge in [0.2, 0.25) is 5.28 Å². The number of benzene rings is 1. The predicted octanol–water partition coefficient (Wildman–Crippen LogP) is 3.33.